The summed E-state index contributed by atoms with van der Waals surface area (Å²) in [5.41, 5.74) is 3.42. The molecule has 33 heavy (non-hydrogen) atoms. The highest BCUT2D eigenvalue weighted by Crippen LogP contribution is 2.37. The molecule has 1 aliphatic heterocycles. The summed E-state index contributed by atoms with van der Waals surface area (Å²) < 4.78 is 19.4. The molecular formula is C25H21FN4OS2. The number of thiocarbonyl (C=S) groups is 1. The summed E-state index contributed by atoms with van der Waals surface area (Å²) in [5, 5.41) is 10.3. The Morgan fingerprint density at radius 2 is 1.97 bits per heavy atom. The number of rotatable bonds is 6. The molecule has 1 unspecified atom stereocenters. The molecule has 0 fully saturated rings. The molecular weight excluding hydrogens is 455 g/mol. The Kier molecular flexibility index (Phi) is 6.02. The van der Waals surface area contributed by atoms with Crippen LogP contribution in [0.5, 0.6) is 0 Å². The fraction of sp³-hybridized carbons (Fsp3) is 0.160. The van der Waals surface area contributed by atoms with Gasteiger partial charge in [0.25, 0.3) is 5.89 Å². The summed E-state index contributed by atoms with van der Waals surface area (Å²) in [6, 6.07) is 20.1. The first-order valence-electron chi connectivity index (χ1n) is 10.6. The van der Waals surface area contributed by atoms with Crippen LogP contribution in [-0.2, 0) is 6.42 Å². The lowest BCUT2D eigenvalue weighted by Gasteiger charge is -2.37. The third-order valence-electron chi connectivity index (χ3n) is 5.63. The summed E-state index contributed by atoms with van der Waals surface area (Å²) in [6.45, 7) is 2.76. The van der Waals surface area contributed by atoms with Gasteiger partial charge in [-0.3, -0.25) is 0 Å². The van der Waals surface area contributed by atoms with Crippen LogP contribution in [0.15, 0.2) is 82.3 Å². The number of nitrogens with zero attached hydrogens (tertiary/aromatic N) is 3. The third kappa shape index (κ3) is 4.44. The van der Waals surface area contributed by atoms with E-state index in [-0.39, 0.29) is 11.9 Å². The third-order valence-corrected chi connectivity index (χ3v) is 6.90. The van der Waals surface area contributed by atoms with E-state index < -0.39 is 0 Å². The molecule has 1 N–H and O–H groups in total. The van der Waals surface area contributed by atoms with Crippen LogP contribution in [0.4, 0.5) is 4.39 Å². The minimum Gasteiger partial charge on any atom is -0.351 e. The van der Waals surface area contributed by atoms with E-state index in [9.17, 15) is 4.39 Å². The largest absolute Gasteiger partial charge is 0.351 e. The van der Waals surface area contributed by atoms with Gasteiger partial charge in [0.15, 0.2) is 5.11 Å². The van der Waals surface area contributed by atoms with Gasteiger partial charge in [0.05, 0.1) is 11.6 Å². The minimum absolute atomic E-state index is 0.238. The van der Waals surface area contributed by atoms with Crippen LogP contribution < -0.4 is 5.32 Å². The van der Waals surface area contributed by atoms with Crippen molar-refractivity contribution in [2.24, 2.45) is 0 Å². The van der Waals surface area contributed by atoms with E-state index in [1.165, 1.54) is 17.0 Å². The molecule has 0 bridgehead atoms. The van der Waals surface area contributed by atoms with Crippen molar-refractivity contribution in [1.29, 1.82) is 0 Å². The highest BCUT2D eigenvalue weighted by atomic mass is 32.1. The molecule has 3 heterocycles. The zero-order chi connectivity index (χ0) is 22.8. The van der Waals surface area contributed by atoms with Crippen LogP contribution in [0, 0.1) is 5.82 Å². The highest BCUT2D eigenvalue weighted by Gasteiger charge is 2.33. The molecule has 0 radical (unpaired) electrons. The SMILES string of the molecule is CC1=C(c2nc(-c3cccc(F)c3)no2)C(c2ccccc2)NC(=S)N1CCc1cccs1. The molecule has 166 valence electrons. The topological polar surface area (TPSA) is 54.2 Å². The van der Waals surface area contributed by atoms with Gasteiger partial charge in [0.2, 0.25) is 5.82 Å². The molecule has 5 nitrogen and oxygen atoms in total. The standard InChI is InChI=1S/C25H21FN4OS2/c1-16-21(24-28-23(29-31-24)18-9-5-10-19(26)15-18)22(17-7-3-2-4-8-17)27-25(32)30(16)13-12-20-11-6-14-33-20/h2-11,14-15,22H,12-13H2,1H3,(H,27,32). The Morgan fingerprint density at radius 1 is 1.12 bits per heavy atom. The van der Waals surface area contributed by atoms with Crippen molar-refractivity contribution in [3.05, 3.63) is 100.0 Å². The molecule has 2 aromatic carbocycles. The van der Waals surface area contributed by atoms with E-state index in [1.54, 1.807) is 23.5 Å². The van der Waals surface area contributed by atoms with E-state index in [1.807, 2.05) is 37.3 Å². The number of hydrogen-bond donors (Lipinski definition) is 1. The van der Waals surface area contributed by atoms with Crippen molar-refractivity contribution < 1.29 is 8.91 Å². The van der Waals surface area contributed by atoms with Crippen molar-refractivity contribution in [2.75, 3.05) is 6.54 Å². The van der Waals surface area contributed by atoms with Gasteiger partial charge in [-0.15, -0.1) is 11.3 Å². The van der Waals surface area contributed by atoms with Crippen molar-refractivity contribution in [2.45, 2.75) is 19.4 Å². The van der Waals surface area contributed by atoms with Gasteiger partial charge >= 0.3 is 0 Å². The van der Waals surface area contributed by atoms with E-state index in [4.69, 9.17) is 16.7 Å². The maximum Gasteiger partial charge on any atom is 0.258 e. The highest BCUT2D eigenvalue weighted by molar-refractivity contribution is 7.80. The fourth-order valence-electron chi connectivity index (χ4n) is 3.98. The number of hydrogen-bond acceptors (Lipinski definition) is 5. The number of nitrogens with one attached hydrogen (secondary N) is 1. The predicted octanol–water partition coefficient (Wildman–Crippen LogP) is 5.84. The smallest absolute Gasteiger partial charge is 0.258 e. The quantitative estimate of drug-likeness (QED) is 0.353. The summed E-state index contributed by atoms with van der Waals surface area (Å²) >= 11 is 7.48. The van der Waals surface area contributed by atoms with Crippen molar-refractivity contribution >= 4 is 34.2 Å². The summed E-state index contributed by atoms with van der Waals surface area (Å²) in [5.74, 6) is 0.382. The van der Waals surface area contributed by atoms with Crippen LogP contribution >= 0.6 is 23.6 Å². The molecule has 0 aliphatic carbocycles. The number of benzene rings is 2. The van der Waals surface area contributed by atoms with Gasteiger partial charge in [-0.2, -0.15) is 4.98 Å². The number of thiophene rings is 1. The zero-order valence-electron chi connectivity index (χ0n) is 17.9. The number of halogens is 1. The Labute approximate surface area is 200 Å². The predicted molar refractivity (Wildman–Crippen MR) is 132 cm³/mol. The van der Waals surface area contributed by atoms with Gasteiger partial charge in [-0.25, -0.2) is 4.39 Å². The number of aromatic nitrogens is 2. The summed E-state index contributed by atoms with van der Waals surface area (Å²) in [6.07, 6.45) is 0.873. The first-order valence-corrected chi connectivity index (χ1v) is 11.8. The van der Waals surface area contributed by atoms with Gasteiger partial charge in [0, 0.05) is 22.7 Å². The molecule has 1 aliphatic rings. The maximum absolute atomic E-state index is 13.7. The molecule has 0 saturated carbocycles. The molecule has 2 aromatic heterocycles. The molecule has 0 spiro atoms. The van der Waals surface area contributed by atoms with Crippen LogP contribution in [0.2, 0.25) is 0 Å². The fourth-order valence-corrected chi connectivity index (χ4v) is 5.02. The van der Waals surface area contributed by atoms with E-state index in [0.29, 0.717) is 22.4 Å². The lowest BCUT2D eigenvalue weighted by Crippen LogP contribution is -2.46. The Hall–Kier alpha value is -3.36. The average Bonchev–Trinajstić information content (AvgIpc) is 3.52. The first-order chi connectivity index (χ1) is 16.1. The Bertz CT molecular complexity index is 1300. The second-order valence-corrected chi connectivity index (χ2v) is 9.13. The number of allylic oxidation sites excluding steroid dienone is 1. The molecule has 4 aromatic rings. The van der Waals surface area contributed by atoms with Crippen LogP contribution in [0.1, 0.15) is 29.3 Å². The van der Waals surface area contributed by atoms with Gasteiger partial charge in [-0.05, 0) is 54.7 Å². The van der Waals surface area contributed by atoms with E-state index in [0.717, 1.165) is 29.8 Å². The Morgan fingerprint density at radius 3 is 2.73 bits per heavy atom. The Balaban J connectivity index is 1.55. The second-order valence-electron chi connectivity index (χ2n) is 7.71. The average molecular weight is 477 g/mol. The lowest BCUT2D eigenvalue weighted by molar-refractivity contribution is 0.397. The van der Waals surface area contributed by atoms with Crippen molar-refractivity contribution in [3.63, 3.8) is 0 Å². The maximum atomic E-state index is 13.7. The van der Waals surface area contributed by atoms with Gasteiger partial charge < -0.3 is 14.7 Å². The lowest BCUT2D eigenvalue weighted by atomic mass is 9.95. The normalized spacial score (nSPS) is 16.2. The van der Waals surface area contributed by atoms with Crippen molar-refractivity contribution in [1.82, 2.24) is 20.4 Å². The second kappa shape index (κ2) is 9.25. The summed E-state index contributed by atoms with van der Waals surface area (Å²) in [7, 11) is 0. The summed E-state index contributed by atoms with van der Waals surface area (Å²) in [4.78, 5) is 8.00. The molecule has 1 atom stereocenters. The van der Waals surface area contributed by atoms with Crippen molar-refractivity contribution in [3.8, 4) is 11.4 Å². The van der Waals surface area contributed by atoms with Gasteiger partial charge in [-0.1, -0.05) is 53.7 Å². The van der Waals surface area contributed by atoms with Crippen LogP contribution in [0.25, 0.3) is 17.0 Å². The van der Waals surface area contributed by atoms with E-state index in [2.05, 4.69) is 37.9 Å². The first kappa shape index (κ1) is 21.5. The minimum atomic E-state index is -0.346. The molecule has 5 rings (SSSR count). The molecule has 0 amide bonds. The van der Waals surface area contributed by atoms with Crippen LogP contribution in [0.3, 0.4) is 0 Å². The van der Waals surface area contributed by atoms with Crippen LogP contribution in [-0.4, -0.2) is 26.7 Å². The van der Waals surface area contributed by atoms with E-state index >= 15 is 0 Å². The monoisotopic (exact) mass is 476 g/mol. The zero-order valence-corrected chi connectivity index (χ0v) is 19.5. The molecule has 8 heteroatoms. The molecule has 0 saturated heterocycles. The van der Waals surface area contributed by atoms with Gasteiger partial charge in [0.1, 0.15) is 5.82 Å².